The monoisotopic (exact) mass is 338 g/mol. The molecule has 25 heavy (non-hydrogen) atoms. The van der Waals surface area contributed by atoms with E-state index in [1.807, 2.05) is 19.1 Å². The van der Waals surface area contributed by atoms with Gasteiger partial charge in [0.1, 0.15) is 0 Å². The Hall–Kier alpha value is -2.33. The fourth-order valence-corrected chi connectivity index (χ4v) is 3.21. The predicted octanol–water partition coefficient (Wildman–Crippen LogP) is 4.01. The van der Waals surface area contributed by atoms with Gasteiger partial charge >= 0.3 is 0 Å². The SMILES string of the molecule is CCOc1cccc(C=NCc2ccccc2CN2CCCC2)c1O. The molecular weight excluding hydrogens is 312 g/mol. The number of benzene rings is 2. The molecule has 4 heteroatoms. The lowest BCUT2D eigenvalue weighted by molar-refractivity contribution is 0.318. The van der Waals surface area contributed by atoms with E-state index >= 15 is 0 Å². The summed E-state index contributed by atoms with van der Waals surface area (Å²) in [6.45, 7) is 6.42. The maximum absolute atomic E-state index is 10.2. The first-order valence-corrected chi connectivity index (χ1v) is 9.01. The van der Waals surface area contributed by atoms with Crippen molar-refractivity contribution in [3.63, 3.8) is 0 Å². The molecular formula is C21H26N2O2. The number of rotatable bonds is 7. The van der Waals surface area contributed by atoms with Gasteiger partial charge in [0, 0.05) is 18.3 Å². The number of para-hydroxylation sites is 1. The Morgan fingerprint density at radius 1 is 1.08 bits per heavy atom. The largest absolute Gasteiger partial charge is 0.504 e. The first-order chi connectivity index (χ1) is 12.3. The lowest BCUT2D eigenvalue weighted by Crippen LogP contribution is -2.19. The molecule has 0 spiro atoms. The minimum absolute atomic E-state index is 0.151. The quantitative estimate of drug-likeness (QED) is 0.776. The fraction of sp³-hybridized carbons (Fsp3) is 0.381. The van der Waals surface area contributed by atoms with Crippen LogP contribution in [0.1, 0.15) is 36.5 Å². The van der Waals surface area contributed by atoms with Gasteiger partial charge in [0.05, 0.1) is 13.2 Å². The number of aromatic hydroxyl groups is 1. The summed E-state index contributed by atoms with van der Waals surface area (Å²) in [5.41, 5.74) is 3.27. The molecule has 4 nitrogen and oxygen atoms in total. The zero-order chi connectivity index (χ0) is 17.5. The van der Waals surface area contributed by atoms with E-state index in [0.29, 0.717) is 24.5 Å². The molecule has 0 radical (unpaired) electrons. The molecule has 0 amide bonds. The molecule has 0 unspecified atom stereocenters. The zero-order valence-corrected chi connectivity index (χ0v) is 14.8. The molecule has 1 saturated heterocycles. The van der Waals surface area contributed by atoms with Crippen LogP contribution in [0.15, 0.2) is 47.5 Å². The van der Waals surface area contributed by atoms with E-state index in [1.54, 1.807) is 12.3 Å². The molecule has 3 rings (SSSR count). The van der Waals surface area contributed by atoms with Crippen LogP contribution in [0.25, 0.3) is 0 Å². The number of likely N-dealkylation sites (tertiary alicyclic amines) is 1. The van der Waals surface area contributed by atoms with Crippen molar-refractivity contribution in [2.45, 2.75) is 32.9 Å². The van der Waals surface area contributed by atoms with E-state index in [9.17, 15) is 5.11 Å². The molecule has 2 aromatic rings. The van der Waals surface area contributed by atoms with Gasteiger partial charge in [0.2, 0.25) is 0 Å². The molecule has 1 N–H and O–H groups in total. The molecule has 1 fully saturated rings. The lowest BCUT2D eigenvalue weighted by atomic mass is 10.1. The number of phenolic OH excluding ortho intramolecular Hbond substituents is 1. The van der Waals surface area contributed by atoms with E-state index in [4.69, 9.17) is 4.74 Å². The smallest absolute Gasteiger partial charge is 0.166 e. The van der Waals surface area contributed by atoms with Crippen molar-refractivity contribution in [3.8, 4) is 11.5 Å². The van der Waals surface area contributed by atoms with Crippen LogP contribution >= 0.6 is 0 Å². The first-order valence-electron chi connectivity index (χ1n) is 9.01. The molecule has 132 valence electrons. The maximum atomic E-state index is 10.2. The molecule has 0 aliphatic carbocycles. The minimum Gasteiger partial charge on any atom is -0.504 e. The Morgan fingerprint density at radius 3 is 2.60 bits per heavy atom. The summed E-state index contributed by atoms with van der Waals surface area (Å²) in [4.78, 5) is 7.05. The second-order valence-electron chi connectivity index (χ2n) is 6.35. The third-order valence-corrected chi connectivity index (χ3v) is 4.53. The lowest BCUT2D eigenvalue weighted by Gasteiger charge is -2.16. The number of aliphatic imine (C=N–C) groups is 1. The first kappa shape index (κ1) is 17.5. The van der Waals surface area contributed by atoms with Gasteiger partial charge in [-0.2, -0.15) is 0 Å². The van der Waals surface area contributed by atoms with Gasteiger partial charge in [0.15, 0.2) is 11.5 Å². The van der Waals surface area contributed by atoms with Gasteiger partial charge < -0.3 is 9.84 Å². The van der Waals surface area contributed by atoms with Crippen LogP contribution in [0, 0.1) is 0 Å². The predicted molar refractivity (Wildman–Crippen MR) is 102 cm³/mol. The highest BCUT2D eigenvalue weighted by Crippen LogP contribution is 2.28. The number of ether oxygens (including phenoxy) is 1. The maximum Gasteiger partial charge on any atom is 0.166 e. The summed E-state index contributed by atoms with van der Waals surface area (Å²) < 4.78 is 5.42. The number of phenols is 1. The highest BCUT2D eigenvalue weighted by atomic mass is 16.5. The summed E-state index contributed by atoms with van der Waals surface area (Å²) >= 11 is 0. The van der Waals surface area contributed by atoms with E-state index in [2.05, 4.69) is 34.2 Å². The topological polar surface area (TPSA) is 45.1 Å². The molecule has 0 saturated carbocycles. The van der Waals surface area contributed by atoms with Crippen LogP contribution < -0.4 is 4.74 Å². The Bertz CT molecular complexity index is 722. The van der Waals surface area contributed by atoms with Crippen molar-refractivity contribution in [2.75, 3.05) is 19.7 Å². The van der Waals surface area contributed by atoms with Crippen LogP contribution in [0.4, 0.5) is 0 Å². The Labute approximate surface area is 149 Å². The highest BCUT2D eigenvalue weighted by Gasteiger charge is 2.13. The Kier molecular flexibility index (Phi) is 6.07. The van der Waals surface area contributed by atoms with Gasteiger partial charge in [-0.15, -0.1) is 0 Å². The molecule has 1 aliphatic heterocycles. The standard InChI is InChI=1S/C21H26N2O2/c1-2-25-20-11-7-10-18(21(20)24)15-22-14-17-8-3-4-9-19(17)16-23-12-5-6-13-23/h3-4,7-11,15,24H,2,5-6,12-14,16H2,1H3. The molecule has 1 aliphatic rings. The molecule has 0 aromatic heterocycles. The third kappa shape index (κ3) is 4.60. The van der Waals surface area contributed by atoms with E-state index in [1.165, 1.54) is 37.1 Å². The summed E-state index contributed by atoms with van der Waals surface area (Å²) in [5.74, 6) is 0.652. The Balaban J connectivity index is 1.69. The van der Waals surface area contributed by atoms with Crippen molar-refractivity contribution in [1.82, 2.24) is 4.90 Å². The fourth-order valence-electron chi connectivity index (χ4n) is 3.21. The number of hydrogen-bond donors (Lipinski definition) is 1. The second kappa shape index (κ2) is 8.67. The summed E-state index contributed by atoms with van der Waals surface area (Å²) in [5, 5.41) is 10.2. The van der Waals surface area contributed by atoms with Crippen molar-refractivity contribution < 1.29 is 9.84 Å². The van der Waals surface area contributed by atoms with Gasteiger partial charge in [-0.05, 0) is 56.1 Å². The van der Waals surface area contributed by atoms with Gasteiger partial charge in [0.25, 0.3) is 0 Å². The highest BCUT2D eigenvalue weighted by molar-refractivity contribution is 5.84. The van der Waals surface area contributed by atoms with Crippen molar-refractivity contribution >= 4 is 6.21 Å². The molecule has 2 aromatic carbocycles. The zero-order valence-electron chi connectivity index (χ0n) is 14.8. The van der Waals surface area contributed by atoms with Crippen molar-refractivity contribution in [2.24, 2.45) is 4.99 Å². The van der Waals surface area contributed by atoms with Gasteiger partial charge in [-0.25, -0.2) is 0 Å². The van der Waals surface area contributed by atoms with Gasteiger partial charge in [-0.3, -0.25) is 9.89 Å². The van der Waals surface area contributed by atoms with Crippen LogP contribution in [0.2, 0.25) is 0 Å². The second-order valence-corrected chi connectivity index (χ2v) is 6.35. The molecule has 1 heterocycles. The summed E-state index contributed by atoms with van der Waals surface area (Å²) in [6.07, 6.45) is 4.33. The van der Waals surface area contributed by atoms with Crippen molar-refractivity contribution in [3.05, 3.63) is 59.2 Å². The molecule has 0 atom stereocenters. The summed E-state index contributed by atoms with van der Waals surface area (Å²) in [6, 6.07) is 14.0. The number of hydrogen-bond acceptors (Lipinski definition) is 4. The van der Waals surface area contributed by atoms with E-state index in [0.717, 1.165) is 6.54 Å². The van der Waals surface area contributed by atoms with E-state index in [-0.39, 0.29) is 5.75 Å². The van der Waals surface area contributed by atoms with Crippen LogP contribution in [-0.4, -0.2) is 35.9 Å². The van der Waals surface area contributed by atoms with Crippen LogP contribution in [0.5, 0.6) is 11.5 Å². The molecule has 0 bridgehead atoms. The van der Waals surface area contributed by atoms with Crippen LogP contribution in [0.3, 0.4) is 0 Å². The van der Waals surface area contributed by atoms with Crippen molar-refractivity contribution in [1.29, 1.82) is 0 Å². The van der Waals surface area contributed by atoms with E-state index < -0.39 is 0 Å². The van der Waals surface area contributed by atoms with Crippen LogP contribution in [-0.2, 0) is 13.1 Å². The third-order valence-electron chi connectivity index (χ3n) is 4.53. The Morgan fingerprint density at radius 2 is 1.84 bits per heavy atom. The average Bonchev–Trinajstić information content (AvgIpc) is 3.13. The number of nitrogens with zero attached hydrogens (tertiary/aromatic N) is 2. The summed E-state index contributed by atoms with van der Waals surface area (Å²) in [7, 11) is 0. The average molecular weight is 338 g/mol. The minimum atomic E-state index is 0.151. The van der Waals surface area contributed by atoms with Gasteiger partial charge in [-0.1, -0.05) is 30.3 Å². The normalized spacial score (nSPS) is 15.1.